The number of rotatable bonds is 5. The number of methoxy groups -OCH3 is 1. The molecule has 4 rings (SSSR count). The van der Waals surface area contributed by atoms with Crippen LogP contribution in [0.5, 0.6) is 5.75 Å². The molecule has 1 N–H and O–H groups in total. The van der Waals surface area contributed by atoms with E-state index >= 15 is 0 Å². The molecule has 5 nitrogen and oxygen atoms in total. The summed E-state index contributed by atoms with van der Waals surface area (Å²) in [4.78, 5) is 2.41. The van der Waals surface area contributed by atoms with Crippen LogP contribution in [-0.2, 0) is 19.6 Å². The van der Waals surface area contributed by atoms with E-state index in [1.807, 2.05) is 12.1 Å². The lowest BCUT2D eigenvalue weighted by molar-refractivity contribution is 0.0581. The lowest BCUT2D eigenvalue weighted by Gasteiger charge is -2.29. The smallest absolute Gasteiger partial charge is 0.137 e. The highest BCUT2D eigenvalue weighted by molar-refractivity contribution is 6.32. The summed E-state index contributed by atoms with van der Waals surface area (Å²) in [6.07, 6.45) is 4.11. The molecule has 0 spiro atoms. The van der Waals surface area contributed by atoms with Gasteiger partial charge < -0.3 is 9.84 Å². The van der Waals surface area contributed by atoms with Crippen molar-refractivity contribution in [2.24, 2.45) is 5.92 Å². The minimum Gasteiger partial charge on any atom is -0.495 e. The third-order valence-corrected chi connectivity index (χ3v) is 5.93. The zero-order valence-corrected chi connectivity index (χ0v) is 16.0. The number of nitrogens with zero attached hydrogens (tertiary/aromatic N) is 3. The molecule has 1 atom stereocenters. The van der Waals surface area contributed by atoms with E-state index in [4.69, 9.17) is 21.4 Å². The summed E-state index contributed by atoms with van der Waals surface area (Å²) in [5.74, 6) is 1.10. The minimum absolute atomic E-state index is 0.395. The van der Waals surface area contributed by atoms with Gasteiger partial charge in [-0.3, -0.25) is 9.58 Å². The monoisotopic (exact) mass is 375 g/mol. The van der Waals surface area contributed by atoms with Gasteiger partial charge in [0.25, 0.3) is 0 Å². The SMILES string of the molecule is COc1ccc(CN2CCCn3nc(C(O)C4CCC4)cc3C2)cc1Cl. The number of hydrogen-bond acceptors (Lipinski definition) is 4. The van der Waals surface area contributed by atoms with Gasteiger partial charge in [0.05, 0.1) is 23.5 Å². The van der Waals surface area contributed by atoms with Crippen LogP contribution in [-0.4, -0.2) is 33.4 Å². The maximum absolute atomic E-state index is 10.5. The van der Waals surface area contributed by atoms with Gasteiger partial charge >= 0.3 is 0 Å². The fraction of sp³-hybridized carbons (Fsp3) is 0.550. The van der Waals surface area contributed by atoms with Crippen molar-refractivity contribution in [1.29, 1.82) is 0 Å². The van der Waals surface area contributed by atoms with Gasteiger partial charge in [0, 0.05) is 26.2 Å². The Morgan fingerprint density at radius 2 is 2.12 bits per heavy atom. The summed E-state index contributed by atoms with van der Waals surface area (Å²) in [5.41, 5.74) is 3.22. The van der Waals surface area contributed by atoms with Gasteiger partial charge in [-0.1, -0.05) is 24.1 Å². The second kappa shape index (κ2) is 7.59. The number of aromatic nitrogens is 2. The summed E-state index contributed by atoms with van der Waals surface area (Å²) in [7, 11) is 1.63. The molecule has 26 heavy (non-hydrogen) atoms. The van der Waals surface area contributed by atoms with Crippen molar-refractivity contribution >= 4 is 11.6 Å². The van der Waals surface area contributed by atoms with E-state index < -0.39 is 6.10 Å². The summed E-state index contributed by atoms with van der Waals surface area (Å²) >= 11 is 6.26. The standard InChI is InChI=1S/C20H26ClN3O2/c1-26-19-7-6-14(10-17(19)21)12-23-8-3-9-24-16(13-23)11-18(22-24)20(25)15-4-2-5-15/h6-7,10-11,15,20,25H,2-5,8-9,12-13H2,1H3. The van der Waals surface area contributed by atoms with Crippen molar-refractivity contribution in [3.63, 3.8) is 0 Å². The predicted octanol–water partition coefficient (Wildman–Crippen LogP) is 3.78. The van der Waals surface area contributed by atoms with Crippen molar-refractivity contribution in [2.75, 3.05) is 13.7 Å². The molecule has 2 heterocycles. The normalized spacial score (nSPS) is 19.5. The van der Waals surface area contributed by atoms with E-state index in [9.17, 15) is 5.11 Å². The molecular weight excluding hydrogens is 350 g/mol. The molecule has 1 unspecified atom stereocenters. The fourth-order valence-corrected chi connectivity index (χ4v) is 4.17. The highest BCUT2D eigenvalue weighted by Crippen LogP contribution is 2.37. The van der Waals surface area contributed by atoms with Crippen LogP contribution < -0.4 is 4.74 Å². The average Bonchev–Trinajstić information content (AvgIpc) is 2.87. The highest BCUT2D eigenvalue weighted by atomic mass is 35.5. The van der Waals surface area contributed by atoms with Crippen molar-refractivity contribution in [1.82, 2.24) is 14.7 Å². The fourth-order valence-electron chi connectivity index (χ4n) is 3.89. The number of halogens is 1. The summed E-state index contributed by atoms with van der Waals surface area (Å²) in [5, 5.41) is 15.9. The number of aliphatic hydroxyl groups is 1. The van der Waals surface area contributed by atoms with Gasteiger partial charge in [0.15, 0.2) is 0 Å². The summed E-state index contributed by atoms with van der Waals surface area (Å²) in [6, 6.07) is 8.07. The number of fused-ring (bicyclic) bond motifs is 1. The lowest BCUT2D eigenvalue weighted by Crippen LogP contribution is -2.23. The van der Waals surface area contributed by atoms with E-state index in [0.717, 1.165) is 51.1 Å². The summed E-state index contributed by atoms with van der Waals surface area (Å²) < 4.78 is 7.32. The number of benzene rings is 1. The first kappa shape index (κ1) is 17.8. The van der Waals surface area contributed by atoms with Gasteiger partial charge in [-0.25, -0.2) is 0 Å². The van der Waals surface area contributed by atoms with Crippen LogP contribution in [0, 0.1) is 5.92 Å². The molecule has 0 saturated heterocycles. The Morgan fingerprint density at radius 3 is 2.81 bits per heavy atom. The maximum atomic E-state index is 10.5. The summed E-state index contributed by atoms with van der Waals surface area (Å²) in [6.45, 7) is 3.61. The Balaban J connectivity index is 1.47. The molecule has 0 amide bonds. The lowest BCUT2D eigenvalue weighted by atomic mass is 9.80. The van der Waals surface area contributed by atoms with E-state index in [2.05, 4.69) is 21.7 Å². The van der Waals surface area contributed by atoms with Crippen molar-refractivity contribution in [2.45, 2.75) is 51.4 Å². The number of hydrogen-bond donors (Lipinski definition) is 1. The zero-order valence-electron chi connectivity index (χ0n) is 15.2. The molecule has 0 bridgehead atoms. The highest BCUT2D eigenvalue weighted by Gasteiger charge is 2.29. The van der Waals surface area contributed by atoms with Crippen LogP contribution in [0.1, 0.15) is 48.7 Å². The molecule has 1 aliphatic carbocycles. The first-order chi connectivity index (χ1) is 12.6. The third kappa shape index (κ3) is 3.61. The van der Waals surface area contributed by atoms with Crippen LogP contribution in [0.3, 0.4) is 0 Å². The maximum Gasteiger partial charge on any atom is 0.137 e. The van der Waals surface area contributed by atoms with Crippen LogP contribution >= 0.6 is 11.6 Å². The molecule has 1 aliphatic heterocycles. The topological polar surface area (TPSA) is 50.5 Å². The first-order valence-electron chi connectivity index (χ1n) is 9.43. The van der Waals surface area contributed by atoms with E-state index in [1.165, 1.54) is 17.7 Å². The van der Waals surface area contributed by atoms with E-state index in [-0.39, 0.29) is 0 Å². The molecule has 1 aromatic heterocycles. The Labute approximate surface area is 159 Å². The molecule has 2 aliphatic rings. The Hall–Kier alpha value is -1.56. The number of ether oxygens (including phenoxy) is 1. The largest absolute Gasteiger partial charge is 0.495 e. The van der Waals surface area contributed by atoms with Crippen LogP contribution in [0.2, 0.25) is 5.02 Å². The molecule has 1 saturated carbocycles. The van der Waals surface area contributed by atoms with Crippen molar-refractivity contribution < 1.29 is 9.84 Å². The Bertz CT molecular complexity index is 772. The quantitative estimate of drug-likeness (QED) is 0.863. The van der Waals surface area contributed by atoms with Gasteiger partial charge in [0.2, 0.25) is 0 Å². The second-order valence-electron chi connectivity index (χ2n) is 7.45. The Kier molecular flexibility index (Phi) is 5.20. The van der Waals surface area contributed by atoms with Gasteiger partial charge in [-0.05, 0) is 48.9 Å². The molecule has 2 aromatic rings. The van der Waals surface area contributed by atoms with Gasteiger partial charge in [-0.15, -0.1) is 0 Å². The average molecular weight is 376 g/mol. The van der Waals surface area contributed by atoms with Gasteiger partial charge in [0.1, 0.15) is 11.9 Å². The third-order valence-electron chi connectivity index (χ3n) is 5.63. The molecule has 0 radical (unpaired) electrons. The molecule has 1 fully saturated rings. The first-order valence-corrected chi connectivity index (χ1v) is 9.81. The minimum atomic E-state index is -0.406. The Morgan fingerprint density at radius 1 is 1.27 bits per heavy atom. The molecular formula is C20H26ClN3O2. The number of aliphatic hydroxyl groups excluding tert-OH is 1. The van der Waals surface area contributed by atoms with Crippen LogP contribution in [0.25, 0.3) is 0 Å². The zero-order chi connectivity index (χ0) is 18.1. The van der Waals surface area contributed by atoms with Crippen LogP contribution in [0.4, 0.5) is 0 Å². The molecule has 140 valence electrons. The number of aryl methyl sites for hydroxylation is 1. The van der Waals surface area contributed by atoms with E-state index in [1.54, 1.807) is 7.11 Å². The molecule has 6 heteroatoms. The van der Waals surface area contributed by atoms with Gasteiger partial charge in [-0.2, -0.15) is 5.10 Å². The van der Waals surface area contributed by atoms with Crippen LogP contribution in [0.15, 0.2) is 24.3 Å². The van der Waals surface area contributed by atoms with Crippen molar-refractivity contribution in [3.05, 3.63) is 46.2 Å². The molecule has 1 aromatic carbocycles. The second-order valence-corrected chi connectivity index (χ2v) is 7.86. The predicted molar refractivity (Wildman–Crippen MR) is 101 cm³/mol. The van der Waals surface area contributed by atoms with E-state index in [0.29, 0.717) is 16.7 Å². The van der Waals surface area contributed by atoms with Crippen molar-refractivity contribution in [3.8, 4) is 5.75 Å².